The third kappa shape index (κ3) is 4.85. The molecule has 6 nitrogen and oxygen atoms in total. The van der Waals surface area contributed by atoms with E-state index in [1.807, 2.05) is 52.7 Å². The van der Waals surface area contributed by atoms with Crippen LogP contribution in [0.2, 0.25) is 0 Å². The Kier molecular flexibility index (Phi) is 7.52. The monoisotopic (exact) mass is 734 g/mol. The van der Waals surface area contributed by atoms with E-state index in [9.17, 15) is 0 Å². The maximum absolute atomic E-state index is 6.37. The van der Waals surface area contributed by atoms with E-state index in [1.165, 1.54) is 5.56 Å². The minimum absolute atomic E-state index is 0. The van der Waals surface area contributed by atoms with E-state index in [-0.39, 0.29) is 27.1 Å². The van der Waals surface area contributed by atoms with Gasteiger partial charge in [0.1, 0.15) is 17.2 Å². The normalized spacial score (nSPS) is 12.8. The van der Waals surface area contributed by atoms with Crippen molar-refractivity contribution in [1.82, 2.24) is 9.55 Å². The van der Waals surface area contributed by atoms with Crippen molar-refractivity contribution < 1.29 is 30.7 Å². The van der Waals surface area contributed by atoms with Gasteiger partial charge in [0.15, 0.2) is 0 Å². The smallest absolute Gasteiger partial charge is 0.145 e. The summed E-state index contributed by atoms with van der Waals surface area (Å²) in [6.07, 6.45) is 1.88. The second kappa shape index (κ2) is 11.3. The molecule has 0 spiro atoms. The second-order valence-corrected chi connectivity index (χ2v) is 10.9. The third-order valence-corrected chi connectivity index (χ3v) is 7.45. The van der Waals surface area contributed by atoms with Crippen molar-refractivity contribution in [2.45, 2.75) is 39.7 Å². The Hall–Kier alpha value is -4.12. The Labute approximate surface area is 260 Å². The van der Waals surface area contributed by atoms with Crippen LogP contribution in [0, 0.1) is 12.1 Å². The van der Waals surface area contributed by atoms with E-state index in [0.29, 0.717) is 17.4 Å². The largest absolute Gasteiger partial charge is 0.509 e. The van der Waals surface area contributed by atoms with E-state index in [1.54, 1.807) is 0 Å². The molecule has 0 fully saturated rings. The SMILES string of the molecule is CC(C)c1ccnc(-n2c3[c-]c(Oc4[c-]c(N5[OH+]N(C(C)C)c6ccccc65)ccc4)ccc3c3ccccc32)c1.[Pt]. The molecule has 42 heavy (non-hydrogen) atoms. The van der Waals surface area contributed by atoms with E-state index in [4.69, 9.17) is 14.7 Å². The van der Waals surface area contributed by atoms with Crippen LogP contribution in [0.3, 0.4) is 0 Å². The average molecular weight is 735 g/mol. The van der Waals surface area contributed by atoms with Gasteiger partial charge in [0.2, 0.25) is 0 Å². The van der Waals surface area contributed by atoms with Crippen LogP contribution in [-0.4, -0.2) is 20.5 Å². The van der Waals surface area contributed by atoms with Crippen molar-refractivity contribution >= 4 is 38.9 Å². The van der Waals surface area contributed by atoms with Gasteiger partial charge in [-0.05, 0) is 61.0 Å². The summed E-state index contributed by atoms with van der Waals surface area (Å²) in [7, 11) is 0. The Morgan fingerprint density at radius 2 is 1.52 bits per heavy atom. The fourth-order valence-electron chi connectivity index (χ4n) is 5.41. The van der Waals surface area contributed by atoms with Gasteiger partial charge in [-0.25, -0.2) is 4.98 Å². The molecule has 3 heterocycles. The zero-order valence-electron chi connectivity index (χ0n) is 23.9. The third-order valence-electron chi connectivity index (χ3n) is 7.45. The Morgan fingerprint density at radius 1 is 0.762 bits per heavy atom. The van der Waals surface area contributed by atoms with E-state index < -0.39 is 0 Å². The van der Waals surface area contributed by atoms with E-state index in [2.05, 4.69) is 99.0 Å². The summed E-state index contributed by atoms with van der Waals surface area (Å²) in [6.45, 7) is 8.66. The Bertz CT molecular complexity index is 1900. The summed E-state index contributed by atoms with van der Waals surface area (Å²) in [5, 5.41) is 6.20. The molecule has 1 aliphatic rings. The van der Waals surface area contributed by atoms with Crippen molar-refractivity contribution in [3.05, 3.63) is 115 Å². The first-order chi connectivity index (χ1) is 20.0. The van der Waals surface area contributed by atoms with Crippen LogP contribution < -0.4 is 14.9 Å². The minimum Gasteiger partial charge on any atom is -0.509 e. The van der Waals surface area contributed by atoms with Gasteiger partial charge in [-0.3, -0.25) is 0 Å². The van der Waals surface area contributed by atoms with Crippen LogP contribution in [-0.2, 0) is 21.1 Å². The number of pyridine rings is 1. The number of anilines is 3. The molecular weight excluding hydrogens is 703 g/mol. The zero-order valence-corrected chi connectivity index (χ0v) is 26.1. The van der Waals surface area contributed by atoms with Crippen molar-refractivity contribution in [2.24, 2.45) is 0 Å². The van der Waals surface area contributed by atoms with Crippen molar-refractivity contribution in [3.63, 3.8) is 0 Å². The molecule has 0 saturated heterocycles. The second-order valence-electron chi connectivity index (χ2n) is 10.9. The van der Waals surface area contributed by atoms with Crippen LogP contribution in [0.15, 0.2) is 97.2 Å². The van der Waals surface area contributed by atoms with Crippen molar-refractivity contribution in [2.75, 3.05) is 10.1 Å². The quantitative estimate of drug-likeness (QED) is 0.127. The molecule has 0 radical (unpaired) electrons. The van der Waals surface area contributed by atoms with Crippen LogP contribution in [0.1, 0.15) is 39.2 Å². The number of hydrogen-bond acceptors (Lipinski definition) is 4. The number of para-hydroxylation sites is 3. The summed E-state index contributed by atoms with van der Waals surface area (Å²) in [5.74, 6) is 2.47. The number of aromatic nitrogens is 2. The van der Waals surface area contributed by atoms with Crippen LogP contribution in [0.25, 0.3) is 27.6 Å². The fraction of sp³-hybridized carbons (Fsp3) is 0.171. The predicted octanol–water partition coefficient (Wildman–Crippen LogP) is 8.90. The first-order valence-electron chi connectivity index (χ1n) is 14.0. The first kappa shape index (κ1) is 28.0. The Morgan fingerprint density at radius 3 is 2.33 bits per heavy atom. The summed E-state index contributed by atoms with van der Waals surface area (Å²) >= 11 is 0. The molecular formula is C35H31N4O2Pt-. The topological polar surface area (TPSA) is 46.3 Å². The number of rotatable bonds is 6. The van der Waals surface area contributed by atoms with Gasteiger partial charge in [0.05, 0.1) is 6.04 Å². The molecule has 0 amide bonds. The van der Waals surface area contributed by atoms with Crippen LogP contribution in [0.5, 0.6) is 11.5 Å². The van der Waals surface area contributed by atoms with Gasteiger partial charge in [-0.2, -0.15) is 17.1 Å². The number of nitrogens with zero attached hydrogens (tertiary/aromatic N) is 4. The average Bonchev–Trinajstić information content (AvgIpc) is 3.54. The summed E-state index contributed by atoms with van der Waals surface area (Å²) in [6, 6.07) is 38.0. The van der Waals surface area contributed by atoms with Gasteiger partial charge in [0, 0.05) is 50.0 Å². The maximum atomic E-state index is 6.37. The molecule has 0 saturated carbocycles. The first-order valence-corrected chi connectivity index (χ1v) is 14.0. The number of hydroxylamine groups is 1. The standard InChI is InChI=1S/C35H30N4O2.Pt/c1-23(2)25-18-19-36-35(20-25)37-31-13-6-5-12-29(31)30-17-16-28(22-34(30)37)40-27-11-9-10-26(21-27)39-33-15-8-7-14-32(33)38(41-39)24(3)4;/h5-20,23-24H,1-4H3;/q-2;/p+1. The molecule has 6 aromatic rings. The van der Waals surface area contributed by atoms with Gasteiger partial charge in [-0.1, -0.05) is 49.7 Å². The van der Waals surface area contributed by atoms with E-state index >= 15 is 0 Å². The van der Waals surface area contributed by atoms with Gasteiger partial charge < -0.3 is 9.30 Å². The molecule has 2 aromatic heterocycles. The number of ether oxygens (including phenoxy) is 1. The fourth-order valence-corrected chi connectivity index (χ4v) is 5.41. The van der Waals surface area contributed by atoms with Crippen LogP contribution in [0.4, 0.5) is 17.1 Å². The molecule has 0 atom stereocenters. The molecule has 1 N–H and O–H groups in total. The molecule has 0 unspecified atom stereocenters. The molecule has 7 heteroatoms. The summed E-state index contributed by atoms with van der Waals surface area (Å²) in [4.78, 5) is 9.61. The predicted molar refractivity (Wildman–Crippen MR) is 165 cm³/mol. The van der Waals surface area contributed by atoms with Crippen molar-refractivity contribution in [1.29, 1.82) is 0 Å². The van der Waals surface area contributed by atoms with Gasteiger partial charge in [-0.15, -0.1) is 45.8 Å². The van der Waals surface area contributed by atoms with Crippen molar-refractivity contribution in [3.8, 4) is 17.3 Å². The van der Waals surface area contributed by atoms with Crippen LogP contribution >= 0.6 is 0 Å². The number of hydrogen-bond donors (Lipinski definition) is 0. The maximum Gasteiger partial charge on any atom is 0.145 e. The Balaban J connectivity index is 0.00000316. The van der Waals surface area contributed by atoms with Gasteiger partial charge >= 0.3 is 0 Å². The summed E-state index contributed by atoms with van der Waals surface area (Å²) in [5.41, 5.74) is 6.14. The molecule has 1 aliphatic heterocycles. The minimum atomic E-state index is 0. The van der Waals surface area contributed by atoms with Gasteiger partial charge in [0.25, 0.3) is 0 Å². The molecule has 0 bridgehead atoms. The van der Waals surface area contributed by atoms with E-state index in [0.717, 1.165) is 44.7 Å². The molecule has 7 rings (SSSR count). The molecule has 214 valence electrons. The number of fused-ring (bicyclic) bond motifs is 4. The molecule has 0 aliphatic carbocycles. The zero-order chi connectivity index (χ0) is 28.1. The number of benzene rings is 4. The summed E-state index contributed by atoms with van der Waals surface area (Å²) < 4.78 is 8.54. The molecule has 4 aromatic carbocycles.